The van der Waals surface area contributed by atoms with Crippen LogP contribution in [-0.4, -0.2) is 60.3 Å². The van der Waals surface area contributed by atoms with Gasteiger partial charge in [0.05, 0.1) is 0 Å². The Labute approximate surface area is 140 Å². The van der Waals surface area contributed by atoms with Crippen molar-refractivity contribution < 1.29 is 20.5 Å². The molecule has 0 heterocycles. The van der Waals surface area contributed by atoms with Gasteiger partial charge in [0.1, 0.15) is 0 Å². The van der Waals surface area contributed by atoms with Crippen LogP contribution in [0.5, 0.6) is 0 Å². The van der Waals surface area contributed by atoms with Crippen molar-refractivity contribution in [1.82, 2.24) is 0 Å². The van der Waals surface area contributed by atoms with Crippen LogP contribution in [-0.2, 0) is 0 Å². The van der Waals surface area contributed by atoms with Crippen molar-refractivity contribution in [3.8, 4) is 0 Å². The molecule has 0 radical (unpaired) electrons. The Bertz CT molecular complexity index is 517. The Morgan fingerprint density at radius 2 is 0.737 bits per heavy atom. The molecule has 92 valence electrons. The van der Waals surface area contributed by atoms with Gasteiger partial charge in [-0.25, -0.2) is 0 Å². The fraction of sp³-hybridized carbons (Fsp3) is 0. The third kappa shape index (κ3) is 2.78. The van der Waals surface area contributed by atoms with Crippen LogP contribution in [0.25, 0.3) is 0 Å². The minimum absolute atomic E-state index is 0. The van der Waals surface area contributed by atoms with Crippen LogP contribution >= 0.6 is 0 Å². The molecule has 0 atom stereocenters. The maximum absolute atomic E-state index is 12.1. The van der Waals surface area contributed by atoms with E-state index >= 15 is 0 Å². The number of carbonyl (C=O) groups excluding carboxylic acids is 2. The number of ketones is 2. The van der Waals surface area contributed by atoms with Gasteiger partial charge >= 0.3 is 37.7 Å². The van der Waals surface area contributed by atoms with Crippen molar-refractivity contribution in [3.63, 3.8) is 0 Å². The van der Waals surface area contributed by atoms with Gasteiger partial charge in [0.15, 0.2) is 11.6 Å². The number of benzene rings is 2. The predicted octanol–water partition coefficient (Wildman–Crippen LogP) is 1.73. The zero-order valence-electron chi connectivity index (χ0n) is 10.0. The first-order valence-electron chi connectivity index (χ1n) is 5.06. The van der Waals surface area contributed by atoms with Crippen molar-refractivity contribution in [1.29, 1.82) is 0 Å². The molecule has 0 saturated carbocycles. The van der Waals surface area contributed by atoms with E-state index in [4.69, 9.17) is 0 Å². The molecule has 1 aliphatic rings. The molecule has 4 nitrogen and oxygen atoms in total. The minimum Gasteiger partial charge on any atom is -0.870 e. The smallest absolute Gasteiger partial charge is 0.870 e. The van der Waals surface area contributed by atoms with E-state index in [2.05, 4.69) is 0 Å². The van der Waals surface area contributed by atoms with Crippen LogP contribution in [0, 0.1) is 0 Å². The zero-order chi connectivity index (χ0) is 11.1. The summed E-state index contributed by atoms with van der Waals surface area (Å²) in [5.41, 5.74) is 2.02. The molecule has 2 N–H and O–H groups in total. The van der Waals surface area contributed by atoms with Crippen LogP contribution in [0.3, 0.4) is 0 Å². The van der Waals surface area contributed by atoms with E-state index in [1.807, 2.05) is 0 Å². The summed E-state index contributed by atoms with van der Waals surface area (Å²) in [4.78, 5) is 24.2. The Kier molecular flexibility index (Phi) is 6.55. The summed E-state index contributed by atoms with van der Waals surface area (Å²) >= 11 is 0. The van der Waals surface area contributed by atoms with Gasteiger partial charge in [-0.15, -0.1) is 0 Å². The minimum atomic E-state index is -0.0641. The summed E-state index contributed by atoms with van der Waals surface area (Å²) in [7, 11) is 0. The maximum atomic E-state index is 12.1. The molecule has 1 aliphatic carbocycles. The zero-order valence-corrected chi connectivity index (χ0v) is 12.2. The van der Waals surface area contributed by atoms with E-state index in [0.29, 0.717) is 22.3 Å². The summed E-state index contributed by atoms with van der Waals surface area (Å²) in [6.45, 7) is 0. The molecule has 3 rings (SSSR count). The molecular weight excluding hydrogens is 272 g/mol. The Morgan fingerprint density at radius 3 is 0.947 bits per heavy atom. The van der Waals surface area contributed by atoms with Gasteiger partial charge in [0, 0.05) is 22.3 Å². The molecular formula is C14H10CaO4. The summed E-state index contributed by atoms with van der Waals surface area (Å²) in [5.74, 6) is -0.128. The second-order valence-corrected chi connectivity index (χ2v) is 3.75. The average Bonchev–Trinajstić information content (AvgIpc) is 2.36. The molecule has 0 saturated heterocycles. The fourth-order valence-corrected chi connectivity index (χ4v) is 2.05. The molecule has 0 aromatic heterocycles. The van der Waals surface area contributed by atoms with E-state index in [1.165, 1.54) is 0 Å². The van der Waals surface area contributed by atoms with Crippen LogP contribution in [0.2, 0.25) is 0 Å². The first kappa shape index (κ1) is 18.0. The van der Waals surface area contributed by atoms with Gasteiger partial charge in [0.25, 0.3) is 0 Å². The quantitative estimate of drug-likeness (QED) is 0.587. The molecule has 0 spiro atoms. The van der Waals surface area contributed by atoms with Crippen LogP contribution in [0.4, 0.5) is 0 Å². The number of hydrogen-bond acceptors (Lipinski definition) is 4. The van der Waals surface area contributed by atoms with Crippen molar-refractivity contribution in [2.24, 2.45) is 0 Å². The Hall–Kier alpha value is -1.04. The van der Waals surface area contributed by atoms with E-state index in [-0.39, 0.29) is 60.3 Å². The monoisotopic (exact) mass is 282 g/mol. The van der Waals surface area contributed by atoms with Gasteiger partial charge in [0.2, 0.25) is 0 Å². The molecule has 19 heavy (non-hydrogen) atoms. The SMILES string of the molecule is O=C1c2ccccc2C(=O)c2ccccc21.[Ca+2].[OH-].[OH-]. The molecule has 2 aromatic rings. The fourth-order valence-electron chi connectivity index (χ4n) is 2.05. The summed E-state index contributed by atoms with van der Waals surface area (Å²) in [6.07, 6.45) is 0. The van der Waals surface area contributed by atoms with Gasteiger partial charge in [-0.3, -0.25) is 9.59 Å². The molecule has 0 bridgehead atoms. The average molecular weight is 282 g/mol. The normalized spacial score (nSPS) is 11.2. The molecule has 5 heteroatoms. The largest absolute Gasteiger partial charge is 2.00 e. The van der Waals surface area contributed by atoms with Crippen molar-refractivity contribution >= 4 is 49.3 Å². The van der Waals surface area contributed by atoms with Gasteiger partial charge in [-0.2, -0.15) is 0 Å². The number of hydrogen-bond donors (Lipinski definition) is 0. The third-order valence-corrected chi connectivity index (χ3v) is 2.83. The predicted molar refractivity (Wildman–Crippen MR) is 69.4 cm³/mol. The Balaban J connectivity index is 0.00000108. The summed E-state index contributed by atoms with van der Waals surface area (Å²) in [6, 6.07) is 13.9. The third-order valence-electron chi connectivity index (χ3n) is 2.83. The number of fused-ring (bicyclic) bond motifs is 2. The maximum Gasteiger partial charge on any atom is 2.00 e. The van der Waals surface area contributed by atoms with Crippen molar-refractivity contribution in [3.05, 3.63) is 70.8 Å². The second-order valence-electron chi connectivity index (χ2n) is 3.75. The number of rotatable bonds is 0. The van der Waals surface area contributed by atoms with Crippen molar-refractivity contribution in [2.45, 2.75) is 0 Å². The van der Waals surface area contributed by atoms with E-state index < -0.39 is 0 Å². The first-order chi connectivity index (χ1) is 7.79. The molecule has 0 fully saturated rings. The first-order valence-corrected chi connectivity index (χ1v) is 5.06. The standard InChI is InChI=1S/C14H8O2.Ca.2H2O/c15-13-9-5-1-2-6-10(9)14(16)12-8-4-3-7-11(12)13;;;/h1-8H;;2*1H2/q;+2;;/p-2. The van der Waals surface area contributed by atoms with E-state index in [0.717, 1.165) is 0 Å². The van der Waals surface area contributed by atoms with Gasteiger partial charge in [-0.1, -0.05) is 48.5 Å². The van der Waals surface area contributed by atoms with Crippen LogP contribution < -0.4 is 0 Å². The van der Waals surface area contributed by atoms with E-state index in [1.54, 1.807) is 48.5 Å². The molecule has 2 aromatic carbocycles. The van der Waals surface area contributed by atoms with Crippen LogP contribution in [0.15, 0.2) is 48.5 Å². The second kappa shape index (κ2) is 6.93. The van der Waals surface area contributed by atoms with Gasteiger partial charge < -0.3 is 11.0 Å². The summed E-state index contributed by atoms with van der Waals surface area (Å²) in [5, 5.41) is 0. The Morgan fingerprint density at radius 1 is 0.526 bits per heavy atom. The molecule has 0 amide bonds. The topological polar surface area (TPSA) is 94.1 Å². The molecule has 0 unspecified atom stereocenters. The van der Waals surface area contributed by atoms with E-state index in [9.17, 15) is 9.59 Å². The number of carbonyl (C=O) groups is 2. The van der Waals surface area contributed by atoms with Crippen molar-refractivity contribution in [2.75, 3.05) is 0 Å². The molecule has 0 aliphatic heterocycles. The van der Waals surface area contributed by atoms with Crippen LogP contribution in [0.1, 0.15) is 31.8 Å². The van der Waals surface area contributed by atoms with Gasteiger partial charge in [-0.05, 0) is 0 Å². The summed E-state index contributed by atoms with van der Waals surface area (Å²) < 4.78 is 0.